The third-order valence-corrected chi connectivity index (χ3v) is 4.29. The highest BCUT2D eigenvalue weighted by molar-refractivity contribution is 5.91. The van der Waals surface area contributed by atoms with E-state index in [9.17, 15) is 0 Å². The zero-order valence-electron chi connectivity index (χ0n) is 10.5. The van der Waals surface area contributed by atoms with Gasteiger partial charge in [0, 0.05) is 18.1 Å². The van der Waals surface area contributed by atoms with E-state index in [0.717, 1.165) is 12.4 Å². The molecule has 2 nitrogen and oxygen atoms in total. The van der Waals surface area contributed by atoms with E-state index in [-0.39, 0.29) is 6.10 Å². The Bertz CT molecular complexity index is 618. The van der Waals surface area contributed by atoms with Gasteiger partial charge < -0.3 is 9.47 Å². The maximum absolute atomic E-state index is 5.91. The van der Waals surface area contributed by atoms with Crippen LogP contribution >= 0.6 is 0 Å². The molecule has 1 fully saturated rings. The van der Waals surface area contributed by atoms with Crippen LogP contribution in [0.1, 0.15) is 36.0 Å². The van der Waals surface area contributed by atoms with E-state index in [1.54, 1.807) is 7.11 Å². The second kappa shape index (κ2) is 3.72. The Morgan fingerprint density at radius 2 is 2.11 bits per heavy atom. The highest BCUT2D eigenvalue weighted by Gasteiger charge is 2.43. The number of hydrogen-bond donors (Lipinski definition) is 0. The number of hydrogen-bond acceptors (Lipinski definition) is 2. The van der Waals surface area contributed by atoms with Gasteiger partial charge in [-0.3, -0.25) is 0 Å². The zero-order chi connectivity index (χ0) is 12.1. The van der Waals surface area contributed by atoms with E-state index in [1.165, 1.54) is 34.7 Å². The van der Waals surface area contributed by atoms with E-state index in [0.29, 0.717) is 5.92 Å². The molecule has 1 saturated heterocycles. The van der Waals surface area contributed by atoms with Crippen molar-refractivity contribution in [1.29, 1.82) is 0 Å². The molecule has 2 atom stereocenters. The minimum Gasteiger partial charge on any atom is -0.496 e. The molecule has 1 aliphatic carbocycles. The molecule has 2 aliphatic rings. The first-order chi connectivity index (χ1) is 8.90. The molecule has 92 valence electrons. The van der Waals surface area contributed by atoms with Gasteiger partial charge in [0.1, 0.15) is 5.75 Å². The summed E-state index contributed by atoms with van der Waals surface area (Å²) in [5.74, 6) is 1.57. The Morgan fingerprint density at radius 1 is 1.22 bits per heavy atom. The third-order valence-electron chi connectivity index (χ3n) is 4.29. The van der Waals surface area contributed by atoms with Crippen LogP contribution in [0.3, 0.4) is 0 Å². The van der Waals surface area contributed by atoms with Crippen molar-refractivity contribution in [3.05, 3.63) is 41.5 Å². The van der Waals surface area contributed by atoms with Crippen molar-refractivity contribution in [1.82, 2.24) is 0 Å². The van der Waals surface area contributed by atoms with Crippen LogP contribution in [0.15, 0.2) is 30.3 Å². The maximum atomic E-state index is 5.91. The van der Waals surface area contributed by atoms with Crippen LogP contribution in [-0.2, 0) is 4.74 Å². The molecule has 0 N–H and O–H groups in total. The van der Waals surface area contributed by atoms with Crippen molar-refractivity contribution < 1.29 is 9.47 Å². The van der Waals surface area contributed by atoms with Gasteiger partial charge in [0.2, 0.25) is 0 Å². The summed E-state index contributed by atoms with van der Waals surface area (Å²) in [6.07, 6.45) is 2.69. The summed E-state index contributed by atoms with van der Waals surface area (Å²) in [4.78, 5) is 0. The molecule has 0 unspecified atom stereocenters. The van der Waals surface area contributed by atoms with Gasteiger partial charge in [-0.15, -0.1) is 0 Å². The Kier molecular flexibility index (Phi) is 2.15. The quantitative estimate of drug-likeness (QED) is 0.755. The average Bonchev–Trinajstić information content (AvgIpc) is 2.42. The molecule has 2 heteroatoms. The normalized spacial score (nSPS) is 25.2. The van der Waals surface area contributed by atoms with E-state index >= 15 is 0 Å². The first-order valence-electron chi connectivity index (χ1n) is 6.61. The Hall–Kier alpha value is -1.54. The van der Waals surface area contributed by atoms with Crippen LogP contribution < -0.4 is 4.74 Å². The summed E-state index contributed by atoms with van der Waals surface area (Å²) in [6.45, 7) is 0.886. The number of benzene rings is 2. The lowest BCUT2D eigenvalue weighted by Gasteiger charge is -2.44. The molecule has 4 rings (SSSR count). The van der Waals surface area contributed by atoms with Gasteiger partial charge in [0.25, 0.3) is 0 Å². The van der Waals surface area contributed by atoms with Crippen molar-refractivity contribution in [2.24, 2.45) is 0 Å². The molecule has 0 amide bonds. The SMILES string of the molecule is COc1cc2ccccc2c2c1[C@@H]1OCCC[C@H]21. The van der Waals surface area contributed by atoms with Crippen molar-refractivity contribution >= 4 is 10.8 Å². The molecular formula is C16H16O2. The molecule has 2 aromatic rings. The largest absolute Gasteiger partial charge is 0.496 e. The smallest absolute Gasteiger partial charge is 0.125 e. The van der Waals surface area contributed by atoms with E-state index in [1.807, 2.05) is 0 Å². The lowest BCUT2D eigenvalue weighted by atomic mass is 9.69. The second-order valence-electron chi connectivity index (χ2n) is 5.17. The van der Waals surface area contributed by atoms with Crippen LogP contribution in [0.5, 0.6) is 5.75 Å². The molecule has 0 aromatic heterocycles. The summed E-state index contributed by atoms with van der Waals surface area (Å²) < 4.78 is 11.5. The molecule has 1 aliphatic heterocycles. The number of ether oxygens (including phenoxy) is 2. The van der Waals surface area contributed by atoms with Crippen LogP contribution in [-0.4, -0.2) is 13.7 Å². The van der Waals surface area contributed by atoms with Gasteiger partial charge in [0.05, 0.1) is 13.2 Å². The molecule has 0 saturated carbocycles. The molecular weight excluding hydrogens is 224 g/mol. The third kappa shape index (κ3) is 1.21. The van der Waals surface area contributed by atoms with Crippen LogP contribution in [0.4, 0.5) is 0 Å². The van der Waals surface area contributed by atoms with Crippen LogP contribution in [0, 0.1) is 0 Å². The first-order valence-corrected chi connectivity index (χ1v) is 6.61. The minimum absolute atomic E-state index is 0.272. The van der Waals surface area contributed by atoms with E-state index < -0.39 is 0 Å². The molecule has 2 aromatic carbocycles. The Labute approximate surface area is 107 Å². The summed E-state index contributed by atoms with van der Waals surface area (Å²) >= 11 is 0. The molecule has 0 bridgehead atoms. The average molecular weight is 240 g/mol. The minimum atomic E-state index is 0.272. The Balaban J connectivity index is 2.01. The molecule has 0 radical (unpaired) electrons. The lowest BCUT2D eigenvalue weighted by Crippen LogP contribution is -2.31. The topological polar surface area (TPSA) is 18.5 Å². The summed E-state index contributed by atoms with van der Waals surface area (Å²) in [5, 5.41) is 2.65. The first kappa shape index (κ1) is 10.4. The van der Waals surface area contributed by atoms with Crippen molar-refractivity contribution in [2.45, 2.75) is 24.9 Å². The highest BCUT2D eigenvalue weighted by Crippen LogP contribution is 2.57. The van der Waals surface area contributed by atoms with Crippen LogP contribution in [0.2, 0.25) is 0 Å². The zero-order valence-corrected chi connectivity index (χ0v) is 10.5. The van der Waals surface area contributed by atoms with E-state index in [4.69, 9.17) is 9.47 Å². The predicted octanol–water partition coefficient (Wildman–Crippen LogP) is 3.80. The van der Waals surface area contributed by atoms with Crippen molar-refractivity contribution in [2.75, 3.05) is 13.7 Å². The number of methoxy groups -OCH3 is 1. The van der Waals surface area contributed by atoms with Gasteiger partial charge in [-0.2, -0.15) is 0 Å². The fourth-order valence-electron chi connectivity index (χ4n) is 3.49. The highest BCUT2D eigenvalue weighted by atomic mass is 16.5. The predicted molar refractivity (Wildman–Crippen MR) is 71.2 cm³/mol. The van der Waals surface area contributed by atoms with Gasteiger partial charge >= 0.3 is 0 Å². The maximum Gasteiger partial charge on any atom is 0.125 e. The monoisotopic (exact) mass is 240 g/mol. The van der Waals surface area contributed by atoms with Gasteiger partial charge in [-0.25, -0.2) is 0 Å². The second-order valence-corrected chi connectivity index (χ2v) is 5.17. The molecule has 0 spiro atoms. The fourth-order valence-corrected chi connectivity index (χ4v) is 3.49. The number of fused-ring (bicyclic) bond motifs is 6. The summed E-state index contributed by atoms with van der Waals surface area (Å²) in [5.41, 5.74) is 2.76. The van der Waals surface area contributed by atoms with Crippen molar-refractivity contribution in [3.63, 3.8) is 0 Å². The molecule has 18 heavy (non-hydrogen) atoms. The van der Waals surface area contributed by atoms with Crippen LogP contribution in [0.25, 0.3) is 10.8 Å². The Morgan fingerprint density at radius 3 is 3.00 bits per heavy atom. The van der Waals surface area contributed by atoms with Gasteiger partial charge in [-0.1, -0.05) is 24.3 Å². The van der Waals surface area contributed by atoms with Crippen molar-refractivity contribution in [3.8, 4) is 5.75 Å². The fraction of sp³-hybridized carbons (Fsp3) is 0.375. The standard InChI is InChI=1S/C16H16O2/c1-17-13-9-10-5-2-3-6-11(10)14-12-7-4-8-18-16(12)15(13)14/h2-3,5-6,9,12,16H,4,7-8H2,1H3/t12-,16-/m1/s1. The summed E-state index contributed by atoms with van der Waals surface area (Å²) in [7, 11) is 1.75. The van der Waals surface area contributed by atoms with Gasteiger partial charge in [-0.05, 0) is 35.2 Å². The number of rotatable bonds is 1. The lowest BCUT2D eigenvalue weighted by molar-refractivity contribution is -0.0230. The molecule has 1 heterocycles. The summed E-state index contributed by atoms with van der Waals surface area (Å²) in [6, 6.07) is 10.7. The van der Waals surface area contributed by atoms with Gasteiger partial charge in [0.15, 0.2) is 0 Å². The van der Waals surface area contributed by atoms with E-state index in [2.05, 4.69) is 30.3 Å².